The fourth-order valence-electron chi connectivity index (χ4n) is 2.12. The van der Waals surface area contributed by atoms with Crippen molar-refractivity contribution in [1.29, 1.82) is 0 Å². The summed E-state index contributed by atoms with van der Waals surface area (Å²) in [5, 5.41) is 11.9. The number of nitrogens with one attached hydrogen (secondary N) is 1. The molecule has 0 spiro atoms. The van der Waals surface area contributed by atoms with Crippen molar-refractivity contribution in [3.63, 3.8) is 0 Å². The minimum absolute atomic E-state index is 0.255. The smallest absolute Gasteiger partial charge is 0.329 e. The third kappa shape index (κ3) is 5.39. The van der Waals surface area contributed by atoms with E-state index in [9.17, 15) is 14.7 Å². The lowest BCUT2D eigenvalue weighted by Crippen LogP contribution is -2.53. The SMILES string of the molecule is CCCC(C)(NC(=O)C(C)CCOc1ccccc1)C(=O)O. The zero-order valence-corrected chi connectivity index (χ0v) is 13.5. The minimum Gasteiger partial charge on any atom is -0.494 e. The number of carbonyl (C=O) groups excluding carboxylic acids is 1. The third-order valence-corrected chi connectivity index (χ3v) is 3.63. The largest absolute Gasteiger partial charge is 0.494 e. The molecule has 0 saturated heterocycles. The van der Waals surface area contributed by atoms with Crippen LogP contribution in [0.2, 0.25) is 0 Å². The van der Waals surface area contributed by atoms with Crippen LogP contribution in [-0.2, 0) is 9.59 Å². The Kier molecular flexibility index (Phi) is 6.89. The van der Waals surface area contributed by atoms with Crippen LogP contribution in [0.3, 0.4) is 0 Å². The molecule has 5 heteroatoms. The Morgan fingerprint density at radius 1 is 1.32 bits per heavy atom. The van der Waals surface area contributed by atoms with Crippen molar-refractivity contribution in [2.45, 2.75) is 45.6 Å². The quantitative estimate of drug-likeness (QED) is 0.735. The molecule has 0 aliphatic rings. The Morgan fingerprint density at radius 3 is 2.50 bits per heavy atom. The van der Waals surface area contributed by atoms with Crippen LogP contribution in [0.15, 0.2) is 30.3 Å². The third-order valence-electron chi connectivity index (χ3n) is 3.63. The van der Waals surface area contributed by atoms with Gasteiger partial charge >= 0.3 is 5.97 Å². The number of rotatable bonds is 9. The molecule has 1 amide bonds. The van der Waals surface area contributed by atoms with Gasteiger partial charge in [-0.2, -0.15) is 0 Å². The maximum absolute atomic E-state index is 12.2. The van der Waals surface area contributed by atoms with Gasteiger partial charge in [0.05, 0.1) is 6.61 Å². The van der Waals surface area contributed by atoms with Gasteiger partial charge in [0.2, 0.25) is 5.91 Å². The summed E-state index contributed by atoms with van der Waals surface area (Å²) in [5.41, 5.74) is -1.21. The molecule has 0 saturated carbocycles. The van der Waals surface area contributed by atoms with Crippen molar-refractivity contribution >= 4 is 11.9 Å². The summed E-state index contributed by atoms with van der Waals surface area (Å²) in [4.78, 5) is 23.5. The van der Waals surface area contributed by atoms with E-state index in [0.29, 0.717) is 25.9 Å². The highest BCUT2D eigenvalue weighted by Gasteiger charge is 2.34. The van der Waals surface area contributed by atoms with Gasteiger partial charge in [-0.3, -0.25) is 4.79 Å². The summed E-state index contributed by atoms with van der Waals surface area (Å²) in [5.74, 6) is -0.804. The van der Waals surface area contributed by atoms with Crippen LogP contribution in [0.4, 0.5) is 0 Å². The molecule has 0 radical (unpaired) electrons. The number of benzene rings is 1. The van der Waals surface area contributed by atoms with E-state index in [4.69, 9.17) is 4.74 Å². The first-order valence-electron chi connectivity index (χ1n) is 7.62. The second-order valence-electron chi connectivity index (χ2n) is 5.73. The van der Waals surface area contributed by atoms with Crippen molar-refractivity contribution < 1.29 is 19.4 Å². The average molecular weight is 307 g/mol. The monoisotopic (exact) mass is 307 g/mol. The molecule has 0 heterocycles. The number of ether oxygens (including phenoxy) is 1. The fraction of sp³-hybridized carbons (Fsp3) is 0.529. The molecule has 0 bridgehead atoms. The lowest BCUT2D eigenvalue weighted by molar-refractivity contribution is -0.147. The molecule has 0 aliphatic heterocycles. The van der Waals surface area contributed by atoms with Crippen LogP contribution in [0, 0.1) is 5.92 Å². The van der Waals surface area contributed by atoms with Crippen LogP contribution in [0.5, 0.6) is 5.75 Å². The van der Waals surface area contributed by atoms with Crippen molar-refractivity contribution in [1.82, 2.24) is 5.32 Å². The van der Waals surface area contributed by atoms with Gasteiger partial charge in [-0.25, -0.2) is 4.79 Å². The number of hydrogen-bond acceptors (Lipinski definition) is 3. The molecular weight excluding hydrogens is 282 g/mol. The molecule has 0 aliphatic carbocycles. The predicted molar refractivity (Wildman–Crippen MR) is 84.8 cm³/mol. The second kappa shape index (κ2) is 8.41. The predicted octanol–water partition coefficient (Wildman–Crippen LogP) is 2.85. The summed E-state index contributed by atoms with van der Waals surface area (Å²) in [7, 11) is 0. The molecule has 2 atom stereocenters. The molecule has 0 aromatic heterocycles. The van der Waals surface area contributed by atoms with Gasteiger partial charge in [-0.1, -0.05) is 38.5 Å². The van der Waals surface area contributed by atoms with E-state index >= 15 is 0 Å². The Bertz CT molecular complexity index is 489. The number of amides is 1. The number of carboxylic acids is 1. The molecule has 2 N–H and O–H groups in total. The van der Waals surface area contributed by atoms with Crippen LogP contribution in [0.1, 0.15) is 40.0 Å². The van der Waals surface area contributed by atoms with Crippen LogP contribution in [-0.4, -0.2) is 29.1 Å². The number of carboxylic acid groups (broad SMARTS) is 1. The Labute approximate surface area is 131 Å². The number of para-hydroxylation sites is 1. The molecule has 1 rings (SSSR count). The standard InChI is InChI=1S/C17H25NO4/c1-4-11-17(3,16(20)21)18-15(19)13(2)10-12-22-14-8-6-5-7-9-14/h5-9,13H,4,10-12H2,1-3H3,(H,18,19)(H,20,21). The summed E-state index contributed by atoms with van der Waals surface area (Å²) in [6, 6.07) is 9.38. The Hall–Kier alpha value is -2.04. The Morgan fingerprint density at radius 2 is 1.95 bits per heavy atom. The molecule has 22 heavy (non-hydrogen) atoms. The molecule has 122 valence electrons. The fourth-order valence-corrected chi connectivity index (χ4v) is 2.12. The summed E-state index contributed by atoms with van der Waals surface area (Å²) < 4.78 is 5.56. The summed E-state index contributed by atoms with van der Waals surface area (Å²) >= 11 is 0. The minimum atomic E-state index is -1.21. The molecular formula is C17H25NO4. The summed E-state index contributed by atoms with van der Waals surface area (Å²) in [6.45, 7) is 5.63. The average Bonchev–Trinajstić information content (AvgIpc) is 2.48. The molecule has 2 unspecified atom stereocenters. The number of aliphatic carboxylic acids is 1. The van der Waals surface area contributed by atoms with Gasteiger partial charge in [-0.15, -0.1) is 0 Å². The van der Waals surface area contributed by atoms with Gasteiger partial charge in [0.15, 0.2) is 0 Å². The van der Waals surface area contributed by atoms with Gasteiger partial charge in [0, 0.05) is 5.92 Å². The lowest BCUT2D eigenvalue weighted by Gasteiger charge is -2.27. The second-order valence-corrected chi connectivity index (χ2v) is 5.73. The highest BCUT2D eigenvalue weighted by Crippen LogP contribution is 2.15. The van der Waals surface area contributed by atoms with Crippen LogP contribution >= 0.6 is 0 Å². The van der Waals surface area contributed by atoms with E-state index in [1.165, 1.54) is 0 Å². The highest BCUT2D eigenvalue weighted by molar-refractivity contribution is 5.87. The molecule has 1 aromatic rings. The molecule has 1 aromatic carbocycles. The van der Waals surface area contributed by atoms with E-state index in [2.05, 4.69) is 5.32 Å². The van der Waals surface area contributed by atoms with E-state index in [1.807, 2.05) is 37.3 Å². The highest BCUT2D eigenvalue weighted by atomic mass is 16.5. The topological polar surface area (TPSA) is 75.6 Å². The van der Waals surface area contributed by atoms with Crippen molar-refractivity contribution in [3.8, 4) is 5.75 Å². The van der Waals surface area contributed by atoms with E-state index in [0.717, 1.165) is 5.75 Å². The Balaban J connectivity index is 2.45. The van der Waals surface area contributed by atoms with E-state index in [-0.39, 0.29) is 11.8 Å². The maximum Gasteiger partial charge on any atom is 0.329 e. The van der Waals surface area contributed by atoms with Crippen molar-refractivity contribution in [2.24, 2.45) is 5.92 Å². The van der Waals surface area contributed by atoms with E-state index in [1.54, 1.807) is 13.8 Å². The van der Waals surface area contributed by atoms with Crippen LogP contribution in [0.25, 0.3) is 0 Å². The zero-order chi connectivity index (χ0) is 16.6. The first kappa shape index (κ1) is 18.0. The van der Waals surface area contributed by atoms with Gasteiger partial charge in [-0.05, 0) is 31.9 Å². The zero-order valence-electron chi connectivity index (χ0n) is 13.5. The summed E-state index contributed by atoms with van der Waals surface area (Å²) in [6.07, 6.45) is 1.62. The normalized spacial score (nSPS) is 14.7. The van der Waals surface area contributed by atoms with Crippen LogP contribution < -0.4 is 10.1 Å². The van der Waals surface area contributed by atoms with Gasteiger partial charge in [0.1, 0.15) is 11.3 Å². The van der Waals surface area contributed by atoms with Gasteiger partial charge < -0.3 is 15.2 Å². The number of carbonyl (C=O) groups is 2. The van der Waals surface area contributed by atoms with Gasteiger partial charge in [0.25, 0.3) is 0 Å². The van der Waals surface area contributed by atoms with Crippen molar-refractivity contribution in [3.05, 3.63) is 30.3 Å². The van der Waals surface area contributed by atoms with Crippen molar-refractivity contribution in [2.75, 3.05) is 6.61 Å². The molecule has 5 nitrogen and oxygen atoms in total. The lowest BCUT2D eigenvalue weighted by atomic mass is 9.95. The first-order chi connectivity index (χ1) is 10.4. The van der Waals surface area contributed by atoms with E-state index < -0.39 is 11.5 Å². The maximum atomic E-state index is 12.2. The molecule has 0 fully saturated rings. The number of hydrogen-bond donors (Lipinski definition) is 2. The first-order valence-corrected chi connectivity index (χ1v) is 7.62.